The Bertz CT molecular complexity index is 529. The molecule has 0 fully saturated rings. The highest BCUT2D eigenvalue weighted by Crippen LogP contribution is 2.27. The van der Waals surface area contributed by atoms with E-state index in [9.17, 15) is 9.50 Å². The minimum atomic E-state index is -0.735. The van der Waals surface area contributed by atoms with Crippen molar-refractivity contribution < 1.29 is 9.50 Å². The third kappa shape index (κ3) is 2.62. The highest BCUT2D eigenvalue weighted by Gasteiger charge is 2.12. The van der Waals surface area contributed by atoms with Crippen molar-refractivity contribution in [3.63, 3.8) is 0 Å². The van der Waals surface area contributed by atoms with Gasteiger partial charge in [-0.15, -0.1) is 0 Å². The molecule has 0 spiro atoms. The first kappa shape index (κ1) is 13.2. The average molecular weight is 309 g/mol. The zero-order valence-corrected chi connectivity index (χ0v) is 11.8. The summed E-state index contributed by atoms with van der Waals surface area (Å²) in [5.41, 5.74) is 3.81. The van der Waals surface area contributed by atoms with E-state index < -0.39 is 6.10 Å². The first-order valence-electron chi connectivity index (χ1n) is 5.69. The third-order valence-corrected chi connectivity index (χ3v) is 3.71. The van der Waals surface area contributed by atoms with E-state index in [1.54, 1.807) is 12.1 Å². The number of aliphatic hydroxyl groups excluding tert-OH is 1. The first-order chi connectivity index (χ1) is 8.49. The van der Waals surface area contributed by atoms with Gasteiger partial charge in [0.2, 0.25) is 0 Å². The quantitative estimate of drug-likeness (QED) is 0.877. The smallest absolute Gasteiger partial charge is 0.137 e. The molecule has 0 aliphatic rings. The van der Waals surface area contributed by atoms with Crippen molar-refractivity contribution in [2.75, 3.05) is 0 Å². The Labute approximate surface area is 114 Å². The summed E-state index contributed by atoms with van der Waals surface area (Å²) in [5.74, 6) is -0.328. The molecular formula is C15H14BrFO. The van der Waals surface area contributed by atoms with Gasteiger partial charge in [-0.1, -0.05) is 24.3 Å². The van der Waals surface area contributed by atoms with Gasteiger partial charge in [0.15, 0.2) is 0 Å². The van der Waals surface area contributed by atoms with Crippen LogP contribution >= 0.6 is 15.9 Å². The summed E-state index contributed by atoms with van der Waals surface area (Å²) in [4.78, 5) is 0. The molecule has 2 aromatic carbocycles. The molecule has 0 saturated carbocycles. The number of benzene rings is 2. The van der Waals surface area contributed by atoms with Crippen LogP contribution in [0.15, 0.2) is 40.9 Å². The van der Waals surface area contributed by atoms with Crippen LogP contribution in [0.25, 0.3) is 0 Å². The number of aliphatic hydroxyl groups is 1. The summed E-state index contributed by atoms with van der Waals surface area (Å²) in [6, 6.07) is 10.4. The molecule has 0 saturated heterocycles. The number of hydrogen-bond donors (Lipinski definition) is 1. The van der Waals surface area contributed by atoms with Gasteiger partial charge in [0.25, 0.3) is 0 Å². The summed E-state index contributed by atoms with van der Waals surface area (Å²) in [7, 11) is 0. The predicted octanol–water partition coefficient (Wildman–Crippen LogP) is 4.29. The van der Waals surface area contributed by atoms with Crippen molar-refractivity contribution >= 4 is 15.9 Å². The molecule has 0 aliphatic heterocycles. The molecule has 1 atom stereocenters. The fourth-order valence-electron chi connectivity index (χ4n) is 1.81. The number of rotatable bonds is 2. The molecule has 0 aromatic heterocycles. The van der Waals surface area contributed by atoms with Crippen molar-refractivity contribution in [1.82, 2.24) is 0 Å². The zero-order valence-electron chi connectivity index (χ0n) is 10.2. The van der Waals surface area contributed by atoms with Crippen molar-refractivity contribution in [2.45, 2.75) is 20.0 Å². The fourth-order valence-corrected chi connectivity index (χ4v) is 2.21. The lowest BCUT2D eigenvalue weighted by molar-refractivity contribution is 0.220. The van der Waals surface area contributed by atoms with E-state index in [1.165, 1.54) is 11.6 Å². The SMILES string of the molecule is Cc1ccc(C(O)c2ccc(F)c(Br)c2)cc1C. The Morgan fingerprint density at radius 1 is 1.00 bits per heavy atom. The Balaban J connectivity index is 2.37. The topological polar surface area (TPSA) is 20.2 Å². The number of halogens is 2. The summed E-state index contributed by atoms with van der Waals surface area (Å²) in [6.07, 6.45) is -0.735. The second kappa shape index (κ2) is 5.21. The monoisotopic (exact) mass is 308 g/mol. The lowest BCUT2D eigenvalue weighted by atomic mass is 9.98. The van der Waals surface area contributed by atoms with Gasteiger partial charge in [-0.2, -0.15) is 0 Å². The fraction of sp³-hybridized carbons (Fsp3) is 0.200. The Hall–Kier alpha value is -1.19. The zero-order chi connectivity index (χ0) is 13.3. The van der Waals surface area contributed by atoms with Crippen LogP contribution in [0.5, 0.6) is 0 Å². The van der Waals surface area contributed by atoms with Gasteiger partial charge in [-0.3, -0.25) is 0 Å². The summed E-state index contributed by atoms with van der Waals surface area (Å²) in [6.45, 7) is 4.03. The maximum atomic E-state index is 13.2. The molecule has 0 aliphatic carbocycles. The van der Waals surface area contributed by atoms with Crippen molar-refractivity contribution in [3.8, 4) is 0 Å². The highest BCUT2D eigenvalue weighted by molar-refractivity contribution is 9.10. The Kier molecular flexibility index (Phi) is 3.83. The molecule has 0 bridgehead atoms. The van der Waals surface area contributed by atoms with Gasteiger partial charge in [0.1, 0.15) is 11.9 Å². The van der Waals surface area contributed by atoms with Crippen LogP contribution in [0.3, 0.4) is 0 Å². The van der Waals surface area contributed by atoms with E-state index in [0.717, 1.165) is 11.1 Å². The molecule has 2 aromatic rings. The largest absolute Gasteiger partial charge is 0.384 e. The van der Waals surface area contributed by atoms with Gasteiger partial charge in [0, 0.05) is 0 Å². The van der Waals surface area contributed by atoms with Crippen LogP contribution in [0.4, 0.5) is 4.39 Å². The van der Waals surface area contributed by atoms with Crippen LogP contribution in [0.1, 0.15) is 28.4 Å². The average Bonchev–Trinajstić information content (AvgIpc) is 2.35. The van der Waals surface area contributed by atoms with Crippen LogP contribution in [0, 0.1) is 19.7 Å². The minimum Gasteiger partial charge on any atom is -0.384 e. The molecule has 3 heteroatoms. The van der Waals surface area contributed by atoms with E-state index in [0.29, 0.717) is 10.0 Å². The number of hydrogen-bond acceptors (Lipinski definition) is 1. The lowest BCUT2D eigenvalue weighted by Crippen LogP contribution is -2.01. The lowest BCUT2D eigenvalue weighted by Gasteiger charge is -2.13. The van der Waals surface area contributed by atoms with Gasteiger partial charge in [-0.25, -0.2) is 4.39 Å². The third-order valence-electron chi connectivity index (χ3n) is 3.11. The maximum absolute atomic E-state index is 13.2. The first-order valence-corrected chi connectivity index (χ1v) is 6.48. The maximum Gasteiger partial charge on any atom is 0.137 e. The van der Waals surface area contributed by atoms with Gasteiger partial charge in [-0.05, 0) is 64.2 Å². The predicted molar refractivity (Wildman–Crippen MR) is 74.1 cm³/mol. The number of aryl methyl sites for hydroxylation is 2. The normalized spacial score (nSPS) is 12.5. The van der Waals surface area contributed by atoms with Crippen LogP contribution < -0.4 is 0 Å². The minimum absolute atomic E-state index is 0.328. The van der Waals surface area contributed by atoms with Crippen LogP contribution in [0.2, 0.25) is 0 Å². The van der Waals surface area contributed by atoms with E-state index >= 15 is 0 Å². The van der Waals surface area contributed by atoms with Crippen LogP contribution in [-0.4, -0.2) is 5.11 Å². The van der Waals surface area contributed by atoms with E-state index in [1.807, 2.05) is 32.0 Å². The summed E-state index contributed by atoms with van der Waals surface area (Å²) in [5, 5.41) is 10.3. The van der Waals surface area contributed by atoms with Gasteiger partial charge in [0.05, 0.1) is 4.47 Å². The summed E-state index contributed by atoms with van der Waals surface area (Å²) < 4.78 is 13.5. The van der Waals surface area contributed by atoms with Gasteiger partial charge >= 0.3 is 0 Å². The van der Waals surface area contributed by atoms with E-state index in [-0.39, 0.29) is 5.82 Å². The van der Waals surface area contributed by atoms with E-state index in [4.69, 9.17) is 0 Å². The molecule has 0 radical (unpaired) electrons. The van der Waals surface area contributed by atoms with Crippen molar-refractivity contribution in [1.29, 1.82) is 0 Å². The van der Waals surface area contributed by atoms with E-state index in [2.05, 4.69) is 15.9 Å². The highest BCUT2D eigenvalue weighted by atomic mass is 79.9. The molecule has 1 unspecified atom stereocenters. The Morgan fingerprint density at radius 2 is 1.61 bits per heavy atom. The second-order valence-electron chi connectivity index (χ2n) is 4.42. The standard InChI is InChI=1S/C15H14BrFO/c1-9-3-4-11(7-10(9)2)15(18)12-5-6-14(17)13(16)8-12/h3-8,15,18H,1-2H3. The molecule has 1 nitrogen and oxygen atoms in total. The molecule has 2 rings (SSSR count). The molecule has 1 N–H and O–H groups in total. The Morgan fingerprint density at radius 3 is 2.22 bits per heavy atom. The van der Waals surface area contributed by atoms with Crippen molar-refractivity contribution in [2.24, 2.45) is 0 Å². The molecule has 0 heterocycles. The van der Waals surface area contributed by atoms with Crippen LogP contribution in [-0.2, 0) is 0 Å². The molecule has 94 valence electrons. The molecule has 0 amide bonds. The molecular weight excluding hydrogens is 295 g/mol. The summed E-state index contributed by atoms with van der Waals surface area (Å²) >= 11 is 3.13. The molecule has 18 heavy (non-hydrogen) atoms. The van der Waals surface area contributed by atoms with Crippen molar-refractivity contribution in [3.05, 3.63) is 68.9 Å². The second-order valence-corrected chi connectivity index (χ2v) is 5.27. The van der Waals surface area contributed by atoms with Gasteiger partial charge < -0.3 is 5.11 Å².